The SMILES string of the molecule is O=C(NC1(C(=O)O)CCOC1)c1csc(-c2ccsc2)n1. The van der Waals surface area contributed by atoms with Crippen LogP contribution in [0.2, 0.25) is 0 Å². The van der Waals surface area contributed by atoms with Gasteiger partial charge in [0.1, 0.15) is 10.7 Å². The van der Waals surface area contributed by atoms with Crippen molar-refractivity contribution in [3.63, 3.8) is 0 Å². The van der Waals surface area contributed by atoms with Crippen molar-refractivity contribution in [2.45, 2.75) is 12.0 Å². The molecule has 2 aromatic heterocycles. The number of carbonyl (C=O) groups excluding carboxylic acids is 1. The lowest BCUT2D eigenvalue weighted by Crippen LogP contribution is -2.55. The van der Waals surface area contributed by atoms with Crippen molar-refractivity contribution < 1.29 is 19.4 Å². The van der Waals surface area contributed by atoms with Crippen LogP contribution in [0, 0.1) is 0 Å². The maximum absolute atomic E-state index is 12.2. The Morgan fingerprint density at radius 3 is 2.90 bits per heavy atom. The van der Waals surface area contributed by atoms with Gasteiger partial charge < -0.3 is 15.2 Å². The Balaban J connectivity index is 1.78. The Bertz CT molecular complexity index is 660. The Morgan fingerprint density at radius 1 is 1.43 bits per heavy atom. The predicted molar refractivity (Wildman–Crippen MR) is 78.7 cm³/mol. The third-order valence-corrected chi connectivity index (χ3v) is 4.86. The van der Waals surface area contributed by atoms with Gasteiger partial charge in [0.05, 0.1) is 6.61 Å². The van der Waals surface area contributed by atoms with E-state index in [4.69, 9.17) is 4.74 Å². The number of thiophene rings is 1. The number of ether oxygens (including phenoxy) is 1. The van der Waals surface area contributed by atoms with E-state index in [-0.39, 0.29) is 18.7 Å². The van der Waals surface area contributed by atoms with Crippen LogP contribution in [0.15, 0.2) is 22.2 Å². The van der Waals surface area contributed by atoms with Crippen molar-refractivity contribution in [2.24, 2.45) is 0 Å². The summed E-state index contributed by atoms with van der Waals surface area (Å²) in [6, 6.07) is 1.93. The van der Waals surface area contributed by atoms with Crippen LogP contribution in [0.1, 0.15) is 16.9 Å². The number of aliphatic carboxylic acids is 1. The van der Waals surface area contributed by atoms with Gasteiger partial charge in [0.2, 0.25) is 0 Å². The lowest BCUT2D eigenvalue weighted by molar-refractivity contribution is -0.144. The molecule has 110 valence electrons. The molecule has 1 aliphatic heterocycles. The van der Waals surface area contributed by atoms with Crippen LogP contribution in [0.3, 0.4) is 0 Å². The van der Waals surface area contributed by atoms with Gasteiger partial charge in [-0.2, -0.15) is 11.3 Å². The van der Waals surface area contributed by atoms with Crippen molar-refractivity contribution in [3.05, 3.63) is 27.9 Å². The van der Waals surface area contributed by atoms with Crippen molar-refractivity contribution in [1.29, 1.82) is 0 Å². The number of nitrogens with zero attached hydrogens (tertiary/aromatic N) is 1. The third kappa shape index (κ3) is 2.69. The summed E-state index contributed by atoms with van der Waals surface area (Å²) < 4.78 is 5.11. The third-order valence-electron chi connectivity index (χ3n) is 3.29. The summed E-state index contributed by atoms with van der Waals surface area (Å²) in [5.41, 5.74) is -0.154. The molecule has 0 saturated carbocycles. The van der Waals surface area contributed by atoms with Gasteiger partial charge in [0.15, 0.2) is 5.54 Å². The van der Waals surface area contributed by atoms with Gasteiger partial charge in [-0.3, -0.25) is 4.79 Å². The van der Waals surface area contributed by atoms with Crippen LogP contribution in [0.25, 0.3) is 10.6 Å². The van der Waals surface area contributed by atoms with E-state index in [1.807, 2.05) is 16.8 Å². The lowest BCUT2D eigenvalue weighted by atomic mass is 9.99. The zero-order valence-electron chi connectivity index (χ0n) is 10.9. The van der Waals surface area contributed by atoms with E-state index in [1.165, 1.54) is 11.3 Å². The van der Waals surface area contributed by atoms with Crippen LogP contribution >= 0.6 is 22.7 Å². The largest absolute Gasteiger partial charge is 0.479 e. The van der Waals surface area contributed by atoms with Crippen molar-refractivity contribution >= 4 is 34.6 Å². The summed E-state index contributed by atoms with van der Waals surface area (Å²) in [5, 5.41) is 18.1. The monoisotopic (exact) mass is 324 g/mol. The molecule has 1 atom stereocenters. The molecule has 8 heteroatoms. The van der Waals surface area contributed by atoms with Gasteiger partial charge in [-0.1, -0.05) is 0 Å². The molecule has 6 nitrogen and oxygen atoms in total. The Labute approximate surface area is 128 Å². The van der Waals surface area contributed by atoms with E-state index in [9.17, 15) is 14.7 Å². The summed E-state index contributed by atoms with van der Waals surface area (Å²) >= 11 is 2.91. The average molecular weight is 324 g/mol. The number of carboxylic acids is 1. The smallest absolute Gasteiger partial charge is 0.331 e. The predicted octanol–water partition coefficient (Wildman–Crippen LogP) is 1.85. The van der Waals surface area contributed by atoms with Crippen LogP contribution in [0.4, 0.5) is 0 Å². The average Bonchev–Trinajstić information content (AvgIpc) is 3.20. The van der Waals surface area contributed by atoms with Crippen LogP contribution in [-0.4, -0.2) is 40.7 Å². The first-order chi connectivity index (χ1) is 10.1. The second-order valence-corrected chi connectivity index (χ2v) is 6.33. The molecule has 0 aliphatic carbocycles. The number of hydrogen-bond donors (Lipinski definition) is 2. The second-order valence-electron chi connectivity index (χ2n) is 4.69. The zero-order chi connectivity index (χ0) is 14.9. The minimum atomic E-state index is -1.34. The molecule has 0 aromatic carbocycles. The molecule has 1 amide bonds. The Hall–Kier alpha value is -1.77. The number of amides is 1. The van der Waals surface area contributed by atoms with Crippen LogP contribution in [-0.2, 0) is 9.53 Å². The van der Waals surface area contributed by atoms with Gasteiger partial charge in [0, 0.05) is 29.4 Å². The van der Waals surface area contributed by atoms with E-state index in [1.54, 1.807) is 16.7 Å². The molecule has 0 spiro atoms. The summed E-state index contributed by atoms with van der Waals surface area (Å²) in [7, 11) is 0. The van der Waals surface area contributed by atoms with Crippen molar-refractivity contribution in [1.82, 2.24) is 10.3 Å². The van der Waals surface area contributed by atoms with E-state index in [2.05, 4.69) is 10.3 Å². The molecule has 1 saturated heterocycles. The highest BCUT2D eigenvalue weighted by molar-refractivity contribution is 7.14. The molecule has 1 fully saturated rings. The molecular formula is C13H12N2O4S2. The molecule has 1 unspecified atom stereocenters. The van der Waals surface area contributed by atoms with Crippen LogP contribution in [0.5, 0.6) is 0 Å². The molecule has 0 radical (unpaired) electrons. The van der Waals surface area contributed by atoms with Gasteiger partial charge >= 0.3 is 5.97 Å². The van der Waals surface area contributed by atoms with E-state index in [0.29, 0.717) is 6.61 Å². The quantitative estimate of drug-likeness (QED) is 0.896. The molecule has 2 aromatic rings. The maximum atomic E-state index is 12.2. The number of carboxylic acid groups (broad SMARTS) is 1. The molecule has 21 heavy (non-hydrogen) atoms. The number of nitrogens with one attached hydrogen (secondary N) is 1. The standard InChI is InChI=1S/C13H12N2O4S2/c16-10(15-13(12(17)18)2-3-19-7-13)9-6-21-11(14-9)8-1-4-20-5-8/h1,4-6H,2-3,7H2,(H,15,16)(H,17,18). The zero-order valence-corrected chi connectivity index (χ0v) is 12.5. The van der Waals surface area contributed by atoms with Gasteiger partial charge in [-0.15, -0.1) is 11.3 Å². The molecule has 0 bridgehead atoms. The van der Waals surface area contributed by atoms with E-state index < -0.39 is 17.4 Å². The first-order valence-corrected chi connectivity index (χ1v) is 8.05. The molecular weight excluding hydrogens is 312 g/mol. The van der Waals surface area contributed by atoms with Gasteiger partial charge in [-0.05, 0) is 11.4 Å². The molecule has 3 rings (SSSR count). The molecule has 3 heterocycles. The number of hydrogen-bond acceptors (Lipinski definition) is 6. The van der Waals surface area contributed by atoms with Gasteiger partial charge in [0.25, 0.3) is 5.91 Å². The summed E-state index contributed by atoms with van der Waals surface area (Å²) in [4.78, 5) is 27.8. The van der Waals surface area contributed by atoms with Crippen molar-refractivity contribution in [2.75, 3.05) is 13.2 Å². The summed E-state index contributed by atoms with van der Waals surface area (Å²) in [6.45, 7) is 0.305. The lowest BCUT2D eigenvalue weighted by Gasteiger charge is -2.22. The van der Waals surface area contributed by atoms with Crippen molar-refractivity contribution in [3.8, 4) is 10.6 Å². The molecule has 2 N–H and O–H groups in total. The topological polar surface area (TPSA) is 88.5 Å². The number of thiazole rings is 1. The maximum Gasteiger partial charge on any atom is 0.331 e. The number of aromatic nitrogens is 1. The minimum absolute atomic E-state index is 0.0183. The summed E-state index contributed by atoms with van der Waals surface area (Å²) in [6.07, 6.45) is 0.260. The van der Waals surface area contributed by atoms with E-state index in [0.717, 1.165) is 10.6 Å². The Kier molecular flexibility index (Phi) is 3.75. The van der Waals surface area contributed by atoms with E-state index >= 15 is 0 Å². The number of rotatable bonds is 4. The number of carbonyl (C=O) groups is 2. The highest BCUT2D eigenvalue weighted by Gasteiger charge is 2.44. The highest BCUT2D eigenvalue weighted by atomic mass is 32.1. The highest BCUT2D eigenvalue weighted by Crippen LogP contribution is 2.26. The first kappa shape index (κ1) is 14.2. The first-order valence-electron chi connectivity index (χ1n) is 6.22. The second kappa shape index (κ2) is 5.55. The Morgan fingerprint density at radius 2 is 2.29 bits per heavy atom. The minimum Gasteiger partial charge on any atom is -0.479 e. The van der Waals surface area contributed by atoms with Crippen LogP contribution < -0.4 is 5.32 Å². The van der Waals surface area contributed by atoms with Gasteiger partial charge in [-0.25, -0.2) is 9.78 Å². The normalized spacial score (nSPS) is 21.3. The summed E-state index contributed by atoms with van der Waals surface area (Å²) in [5.74, 6) is -1.57. The fourth-order valence-corrected chi connectivity index (χ4v) is 3.58. The fraction of sp³-hybridized carbons (Fsp3) is 0.308. The molecule has 1 aliphatic rings. The fourth-order valence-electron chi connectivity index (χ4n) is 2.06.